The van der Waals surface area contributed by atoms with Crippen molar-refractivity contribution >= 4 is 5.91 Å². The summed E-state index contributed by atoms with van der Waals surface area (Å²) in [7, 11) is 0. The first-order chi connectivity index (χ1) is 9.81. The predicted molar refractivity (Wildman–Crippen MR) is 80.1 cm³/mol. The Morgan fingerprint density at radius 3 is 2.55 bits per heavy atom. The summed E-state index contributed by atoms with van der Waals surface area (Å²) in [5, 5.41) is 3.56. The summed E-state index contributed by atoms with van der Waals surface area (Å²) in [5.74, 6) is 0.313. The van der Waals surface area contributed by atoms with Crippen LogP contribution in [-0.4, -0.2) is 22.9 Å². The molecular weight excluding hydrogens is 248 g/mol. The number of hydrogen-bond acceptors (Lipinski definition) is 2. The fourth-order valence-electron chi connectivity index (χ4n) is 3.61. The van der Waals surface area contributed by atoms with Crippen LogP contribution < -0.4 is 5.32 Å². The molecule has 1 heterocycles. The van der Waals surface area contributed by atoms with Crippen molar-refractivity contribution in [3.63, 3.8) is 0 Å². The topological polar surface area (TPSA) is 32.3 Å². The number of nitrogens with one attached hydrogen (secondary N) is 1. The Bertz CT molecular complexity index is 453. The van der Waals surface area contributed by atoms with E-state index in [1.54, 1.807) is 0 Å². The van der Waals surface area contributed by atoms with Crippen molar-refractivity contribution in [3.05, 3.63) is 35.9 Å². The van der Waals surface area contributed by atoms with Crippen molar-refractivity contribution in [2.24, 2.45) is 0 Å². The second-order valence-electron chi connectivity index (χ2n) is 6.00. The van der Waals surface area contributed by atoms with Crippen molar-refractivity contribution < 1.29 is 4.79 Å². The molecule has 0 aromatic heterocycles. The SMILES string of the molecule is CCCC1NC(c2ccccc2)N(C2CCCC2)C1=O. The molecule has 3 rings (SSSR count). The third-order valence-electron chi connectivity index (χ3n) is 4.60. The lowest BCUT2D eigenvalue weighted by Crippen LogP contribution is -2.38. The first kappa shape index (κ1) is 13.6. The van der Waals surface area contributed by atoms with Gasteiger partial charge in [0, 0.05) is 6.04 Å². The molecule has 2 aliphatic rings. The maximum absolute atomic E-state index is 12.7. The van der Waals surface area contributed by atoms with E-state index in [0.717, 1.165) is 25.7 Å². The molecular formula is C17H24N2O. The average Bonchev–Trinajstić information content (AvgIpc) is 3.09. The van der Waals surface area contributed by atoms with Crippen LogP contribution >= 0.6 is 0 Å². The summed E-state index contributed by atoms with van der Waals surface area (Å²) in [6.45, 7) is 2.14. The molecule has 1 amide bonds. The van der Waals surface area contributed by atoms with Crippen LogP contribution in [0.3, 0.4) is 0 Å². The largest absolute Gasteiger partial charge is 0.319 e. The van der Waals surface area contributed by atoms with Gasteiger partial charge in [0.25, 0.3) is 0 Å². The van der Waals surface area contributed by atoms with E-state index < -0.39 is 0 Å². The van der Waals surface area contributed by atoms with E-state index in [-0.39, 0.29) is 12.2 Å². The molecule has 1 aromatic carbocycles. The van der Waals surface area contributed by atoms with Crippen molar-refractivity contribution in [1.82, 2.24) is 10.2 Å². The molecule has 0 spiro atoms. The van der Waals surface area contributed by atoms with Crippen LogP contribution in [0.15, 0.2) is 30.3 Å². The molecule has 1 N–H and O–H groups in total. The Morgan fingerprint density at radius 1 is 1.20 bits per heavy atom. The molecule has 1 aliphatic carbocycles. The van der Waals surface area contributed by atoms with Gasteiger partial charge in [-0.25, -0.2) is 0 Å². The predicted octanol–water partition coefficient (Wildman–Crippen LogP) is 3.23. The summed E-state index contributed by atoms with van der Waals surface area (Å²) in [6, 6.07) is 10.8. The van der Waals surface area contributed by atoms with Crippen molar-refractivity contribution in [1.29, 1.82) is 0 Å². The van der Waals surface area contributed by atoms with Crippen LogP contribution in [0, 0.1) is 0 Å². The monoisotopic (exact) mass is 272 g/mol. The second kappa shape index (κ2) is 5.96. The molecule has 3 nitrogen and oxygen atoms in total. The van der Waals surface area contributed by atoms with Gasteiger partial charge in [-0.05, 0) is 24.8 Å². The molecule has 108 valence electrons. The Morgan fingerprint density at radius 2 is 1.90 bits per heavy atom. The molecule has 2 unspecified atom stereocenters. The Kier molecular flexibility index (Phi) is 4.06. The van der Waals surface area contributed by atoms with Crippen LogP contribution in [0.2, 0.25) is 0 Å². The van der Waals surface area contributed by atoms with Gasteiger partial charge in [0.05, 0.1) is 6.04 Å². The molecule has 1 aromatic rings. The van der Waals surface area contributed by atoms with Gasteiger partial charge in [-0.2, -0.15) is 0 Å². The van der Waals surface area contributed by atoms with Gasteiger partial charge in [0.1, 0.15) is 6.17 Å². The van der Waals surface area contributed by atoms with E-state index in [9.17, 15) is 4.79 Å². The minimum atomic E-state index is 0.00538. The number of nitrogens with zero attached hydrogens (tertiary/aromatic N) is 1. The number of amides is 1. The molecule has 1 aliphatic heterocycles. The van der Waals surface area contributed by atoms with Crippen LogP contribution in [0.5, 0.6) is 0 Å². The van der Waals surface area contributed by atoms with Gasteiger partial charge in [-0.15, -0.1) is 0 Å². The Balaban J connectivity index is 1.87. The quantitative estimate of drug-likeness (QED) is 0.912. The van der Waals surface area contributed by atoms with Crippen molar-refractivity contribution in [2.45, 2.75) is 63.7 Å². The molecule has 3 heteroatoms. The minimum absolute atomic E-state index is 0.00538. The highest BCUT2D eigenvalue weighted by molar-refractivity contribution is 5.85. The fraction of sp³-hybridized carbons (Fsp3) is 0.588. The molecule has 0 bridgehead atoms. The number of benzene rings is 1. The molecule has 1 saturated carbocycles. The number of carbonyl (C=O) groups is 1. The van der Waals surface area contributed by atoms with Crippen LogP contribution in [-0.2, 0) is 4.79 Å². The van der Waals surface area contributed by atoms with E-state index in [1.807, 2.05) is 6.07 Å². The summed E-state index contributed by atoms with van der Waals surface area (Å²) >= 11 is 0. The third kappa shape index (κ3) is 2.47. The Hall–Kier alpha value is -1.35. The van der Waals surface area contributed by atoms with Crippen LogP contribution in [0.1, 0.15) is 57.2 Å². The molecule has 20 heavy (non-hydrogen) atoms. The first-order valence-corrected chi connectivity index (χ1v) is 7.94. The van der Waals surface area contributed by atoms with Gasteiger partial charge in [-0.3, -0.25) is 10.1 Å². The summed E-state index contributed by atoms with van der Waals surface area (Å²) in [4.78, 5) is 14.9. The normalized spacial score (nSPS) is 27.4. The van der Waals surface area contributed by atoms with E-state index in [1.165, 1.54) is 18.4 Å². The average molecular weight is 272 g/mol. The van der Waals surface area contributed by atoms with Gasteiger partial charge in [0.15, 0.2) is 0 Å². The Labute approximate surface area is 121 Å². The third-order valence-corrected chi connectivity index (χ3v) is 4.60. The summed E-state index contributed by atoms with van der Waals surface area (Å²) in [5.41, 5.74) is 1.21. The minimum Gasteiger partial charge on any atom is -0.319 e. The maximum atomic E-state index is 12.7. The zero-order chi connectivity index (χ0) is 13.9. The molecule has 2 fully saturated rings. The zero-order valence-corrected chi connectivity index (χ0v) is 12.2. The van der Waals surface area contributed by atoms with Gasteiger partial charge in [-0.1, -0.05) is 56.5 Å². The van der Waals surface area contributed by atoms with Gasteiger partial charge >= 0.3 is 0 Å². The number of carbonyl (C=O) groups excluding carboxylic acids is 1. The summed E-state index contributed by atoms with van der Waals surface area (Å²) < 4.78 is 0. The standard InChI is InChI=1S/C17H24N2O/c1-2-8-15-17(20)19(14-11-6-7-12-14)16(18-15)13-9-4-3-5-10-13/h3-5,9-10,14-16,18H,2,6-8,11-12H2,1H3. The van der Waals surface area contributed by atoms with Crippen LogP contribution in [0.25, 0.3) is 0 Å². The maximum Gasteiger partial charge on any atom is 0.241 e. The fourth-order valence-corrected chi connectivity index (χ4v) is 3.61. The highest BCUT2D eigenvalue weighted by Crippen LogP contribution is 2.34. The van der Waals surface area contributed by atoms with Crippen molar-refractivity contribution in [2.75, 3.05) is 0 Å². The van der Waals surface area contributed by atoms with Gasteiger partial charge in [0.2, 0.25) is 5.91 Å². The molecule has 1 saturated heterocycles. The summed E-state index contributed by atoms with van der Waals surface area (Å²) in [6.07, 6.45) is 6.89. The van der Waals surface area contributed by atoms with E-state index >= 15 is 0 Å². The van der Waals surface area contributed by atoms with Gasteiger partial charge < -0.3 is 4.90 Å². The molecule has 2 atom stereocenters. The smallest absolute Gasteiger partial charge is 0.241 e. The lowest BCUT2D eigenvalue weighted by atomic mass is 10.1. The van der Waals surface area contributed by atoms with Crippen molar-refractivity contribution in [3.8, 4) is 0 Å². The number of rotatable bonds is 4. The molecule has 0 radical (unpaired) electrons. The lowest BCUT2D eigenvalue weighted by Gasteiger charge is -2.30. The zero-order valence-electron chi connectivity index (χ0n) is 12.2. The number of hydrogen-bond donors (Lipinski definition) is 1. The second-order valence-corrected chi connectivity index (χ2v) is 6.00. The highest BCUT2D eigenvalue weighted by atomic mass is 16.2. The van der Waals surface area contributed by atoms with E-state index in [4.69, 9.17) is 0 Å². The first-order valence-electron chi connectivity index (χ1n) is 7.94. The van der Waals surface area contributed by atoms with Crippen LogP contribution in [0.4, 0.5) is 0 Å². The van der Waals surface area contributed by atoms with E-state index in [2.05, 4.69) is 41.4 Å². The van der Waals surface area contributed by atoms with E-state index in [0.29, 0.717) is 11.9 Å². The lowest BCUT2D eigenvalue weighted by molar-refractivity contribution is -0.132. The highest BCUT2D eigenvalue weighted by Gasteiger charge is 2.43.